The Morgan fingerprint density at radius 2 is 1.97 bits per heavy atom. The third kappa shape index (κ3) is 8.86. The van der Waals surface area contributed by atoms with Crippen LogP contribution in [0.4, 0.5) is 10.6 Å². The smallest absolute Gasteiger partial charge is 0.431 e. The van der Waals surface area contributed by atoms with Crippen molar-refractivity contribution in [2.24, 2.45) is 0 Å². The molecule has 2 heterocycles. The van der Waals surface area contributed by atoms with E-state index in [0.717, 1.165) is 0 Å². The monoisotopic (exact) mass is 581 g/mol. The van der Waals surface area contributed by atoms with Gasteiger partial charge in [0.15, 0.2) is 0 Å². The van der Waals surface area contributed by atoms with Crippen molar-refractivity contribution >= 4 is 32.1 Å². The minimum Gasteiger partial charge on any atom is -0.431 e. The molecule has 212 valence electrons. The molecular weight excluding hydrogens is 549 g/mol. The summed E-state index contributed by atoms with van der Waals surface area (Å²) in [5, 5.41) is 9.50. The summed E-state index contributed by atoms with van der Waals surface area (Å²) in [5.74, 6) is 0.353. The van der Waals surface area contributed by atoms with E-state index in [0.29, 0.717) is 5.02 Å². The quantitative estimate of drug-likeness (QED) is 0.161. The van der Waals surface area contributed by atoms with Crippen LogP contribution in [0, 0.1) is 11.3 Å². The van der Waals surface area contributed by atoms with Gasteiger partial charge in [-0.15, -0.1) is 0 Å². The number of nitriles is 1. The number of nitrogens with zero attached hydrogens (tertiary/aromatic N) is 4. The number of nitrogens with two attached hydrogens (primary N) is 1. The number of nitrogen functional groups attached to an aromatic ring is 1. The summed E-state index contributed by atoms with van der Waals surface area (Å²) >= 11 is 5.87. The van der Waals surface area contributed by atoms with E-state index in [1.54, 1.807) is 12.1 Å². The molecule has 1 unspecified atom stereocenters. The summed E-state index contributed by atoms with van der Waals surface area (Å²) in [6.45, 7) is 8.06. The molecule has 0 spiro atoms. The van der Waals surface area contributed by atoms with Gasteiger partial charge in [-0.3, -0.25) is 4.57 Å². The molecular formula is C25H33ClN5O7P. The average molecular weight is 582 g/mol. The molecule has 4 atom stereocenters. The van der Waals surface area contributed by atoms with Gasteiger partial charge in [-0.25, -0.2) is 14.3 Å². The largest absolute Gasteiger partial charge is 0.513 e. The highest BCUT2D eigenvalue weighted by Crippen LogP contribution is 2.49. The van der Waals surface area contributed by atoms with Crippen LogP contribution in [0.2, 0.25) is 5.02 Å². The van der Waals surface area contributed by atoms with Crippen molar-refractivity contribution in [1.29, 1.82) is 5.26 Å². The first kappa shape index (κ1) is 30.8. The maximum Gasteiger partial charge on any atom is 0.513 e. The predicted molar refractivity (Wildman–Crippen MR) is 145 cm³/mol. The van der Waals surface area contributed by atoms with Crippen LogP contribution in [0.25, 0.3) is 0 Å². The maximum absolute atomic E-state index is 12.5. The van der Waals surface area contributed by atoms with Crippen LogP contribution in [0.15, 0.2) is 41.3 Å². The fourth-order valence-electron chi connectivity index (χ4n) is 3.97. The number of hydrogen-bond donors (Lipinski definition) is 1. The normalized spacial score (nSPS) is 19.8. The van der Waals surface area contributed by atoms with Gasteiger partial charge in [0.25, 0.3) is 8.53 Å². The van der Waals surface area contributed by atoms with Gasteiger partial charge in [0, 0.05) is 29.7 Å². The Morgan fingerprint density at radius 1 is 1.28 bits per heavy atom. The van der Waals surface area contributed by atoms with Gasteiger partial charge in [0.2, 0.25) is 0 Å². The molecule has 12 nitrogen and oxygen atoms in total. The Hall–Kier alpha value is -2.78. The van der Waals surface area contributed by atoms with E-state index in [1.165, 1.54) is 29.0 Å². The summed E-state index contributed by atoms with van der Waals surface area (Å²) < 4.78 is 32.5. The summed E-state index contributed by atoms with van der Waals surface area (Å²) in [6.07, 6.45) is -1.14. The number of carbonyl (C=O) groups is 1. The molecule has 2 N–H and O–H groups in total. The number of rotatable bonds is 12. The second-order valence-corrected chi connectivity index (χ2v) is 11.1. The van der Waals surface area contributed by atoms with Crippen molar-refractivity contribution in [2.45, 2.75) is 71.1 Å². The van der Waals surface area contributed by atoms with E-state index in [4.69, 9.17) is 45.9 Å². The molecule has 2 aromatic rings. The molecule has 1 aromatic heterocycles. The van der Waals surface area contributed by atoms with Crippen LogP contribution >= 0.6 is 20.1 Å². The van der Waals surface area contributed by atoms with Gasteiger partial charge < -0.3 is 29.0 Å². The van der Waals surface area contributed by atoms with Crippen LogP contribution in [-0.2, 0) is 18.5 Å². The zero-order chi connectivity index (χ0) is 28.5. The van der Waals surface area contributed by atoms with Crippen molar-refractivity contribution in [3.63, 3.8) is 0 Å². The molecule has 1 aliphatic rings. The highest BCUT2D eigenvalue weighted by Gasteiger charge is 2.42. The second kappa shape index (κ2) is 14.6. The lowest BCUT2D eigenvalue weighted by molar-refractivity contribution is -0.0517. The molecule has 1 saturated heterocycles. The van der Waals surface area contributed by atoms with E-state index in [2.05, 4.69) is 15.7 Å². The van der Waals surface area contributed by atoms with Gasteiger partial charge in [-0.2, -0.15) is 10.2 Å². The number of carbonyl (C=O) groups excluding carboxylic acids is 1. The van der Waals surface area contributed by atoms with Gasteiger partial charge in [-0.05, 0) is 58.0 Å². The molecule has 0 saturated carbocycles. The van der Waals surface area contributed by atoms with Crippen LogP contribution in [0.5, 0.6) is 5.75 Å². The first-order valence-electron chi connectivity index (χ1n) is 12.4. The number of ether oxygens (including phenoxy) is 3. The van der Waals surface area contributed by atoms with Crippen LogP contribution in [0.1, 0.15) is 46.8 Å². The molecule has 3 rings (SSSR count). The molecule has 0 radical (unpaired) electrons. The predicted octanol–water partition coefficient (Wildman–Crippen LogP) is 4.64. The molecule has 1 aliphatic heterocycles. The first-order chi connectivity index (χ1) is 18.6. The van der Waals surface area contributed by atoms with Crippen molar-refractivity contribution in [3.05, 3.63) is 52.0 Å². The van der Waals surface area contributed by atoms with Crippen LogP contribution in [-0.4, -0.2) is 57.9 Å². The minimum absolute atomic E-state index is 0.0734. The standard InChI is InChI=1S/C25H33ClN5O7P/c1-16(2)31(17(3)4)39(35-13-5-11-27)38-20-14-23(30-12-10-22(28)29-24(30)32)37-21(20)15-34-25(33)36-19-8-6-18(26)7-9-19/h6-10,12,16-17,20-21,23H,5,13-15H2,1-4H3,(H2,28,29,32)/t20-,21+,23+,39?/m0/s1. The maximum atomic E-state index is 12.5. The summed E-state index contributed by atoms with van der Waals surface area (Å²) in [5.41, 5.74) is 5.05. The highest BCUT2D eigenvalue weighted by atomic mass is 35.5. The Morgan fingerprint density at radius 3 is 2.59 bits per heavy atom. The van der Waals surface area contributed by atoms with Crippen LogP contribution in [0.3, 0.4) is 0 Å². The summed E-state index contributed by atoms with van der Waals surface area (Å²) in [6, 6.07) is 9.95. The van der Waals surface area contributed by atoms with E-state index in [-0.39, 0.29) is 49.7 Å². The lowest BCUT2D eigenvalue weighted by atomic mass is 10.2. The summed E-state index contributed by atoms with van der Waals surface area (Å²) in [4.78, 5) is 28.6. The molecule has 14 heteroatoms. The summed E-state index contributed by atoms with van der Waals surface area (Å²) in [7, 11) is -1.63. The molecule has 39 heavy (non-hydrogen) atoms. The van der Waals surface area contributed by atoms with Gasteiger partial charge in [0.1, 0.15) is 30.5 Å². The lowest BCUT2D eigenvalue weighted by Gasteiger charge is -2.37. The fraction of sp³-hybridized carbons (Fsp3) is 0.520. The molecule has 0 bridgehead atoms. The van der Waals surface area contributed by atoms with E-state index in [9.17, 15) is 9.59 Å². The van der Waals surface area contributed by atoms with Crippen molar-refractivity contribution < 1.29 is 28.1 Å². The molecule has 0 amide bonds. The van der Waals surface area contributed by atoms with E-state index in [1.807, 2.05) is 27.7 Å². The minimum atomic E-state index is -1.63. The van der Waals surface area contributed by atoms with Gasteiger partial charge in [0.05, 0.1) is 25.2 Å². The average Bonchev–Trinajstić information content (AvgIpc) is 3.26. The molecule has 0 aliphatic carbocycles. The zero-order valence-electron chi connectivity index (χ0n) is 22.2. The van der Waals surface area contributed by atoms with Gasteiger partial charge in [-0.1, -0.05) is 11.6 Å². The number of halogens is 1. The third-order valence-electron chi connectivity index (χ3n) is 5.61. The Kier molecular flexibility index (Phi) is 11.5. The van der Waals surface area contributed by atoms with Gasteiger partial charge >= 0.3 is 11.8 Å². The fourth-order valence-corrected chi connectivity index (χ4v) is 5.85. The zero-order valence-corrected chi connectivity index (χ0v) is 23.9. The first-order valence-corrected chi connectivity index (χ1v) is 13.9. The topological polar surface area (TPSA) is 151 Å². The van der Waals surface area contributed by atoms with Crippen molar-refractivity contribution in [1.82, 2.24) is 14.2 Å². The number of benzene rings is 1. The Bertz CT molecular complexity index is 1180. The Labute approximate surface area is 233 Å². The number of hydrogen-bond acceptors (Lipinski definition) is 11. The second-order valence-electron chi connectivity index (χ2n) is 9.21. The number of anilines is 1. The van der Waals surface area contributed by atoms with Crippen LogP contribution < -0.4 is 16.2 Å². The Balaban J connectivity index is 1.79. The number of aromatic nitrogens is 2. The van der Waals surface area contributed by atoms with Crippen molar-refractivity contribution in [3.8, 4) is 11.8 Å². The molecule has 1 fully saturated rings. The van der Waals surface area contributed by atoms with Crippen molar-refractivity contribution in [2.75, 3.05) is 18.9 Å². The SMILES string of the molecule is CC(C)N(C(C)C)P(OCCC#N)O[C@H]1C[C@H](n2ccc(N)nc2=O)O[C@@H]1COC(=O)Oc1ccc(Cl)cc1. The molecule has 1 aromatic carbocycles. The third-order valence-corrected chi connectivity index (χ3v) is 8.02. The highest BCUT2D eigenvalue weighted by molar-refractivity contribution is 7.44. The van der Waals surface area contributed by atoms with E-state index < -0.39 is 38.8 Å². The lowest BCUT2D eigenvalue weighted by Crippen LogP contribution is -2.37. The van der Waals surface area contributed by atoms with E-state index >= 15 is 0 Å².